The third-order valence-electron chi connectivity index (χ3n) is 12.1. The number of hydrogen-bond acceptors (Lipinski definition) is 2. The molecule has 0 atom stereocenters. The molecule has 0 saturated carbocycles. The average molecular weight is 716 g/mol. The van der Waals surface area contributed by atoms with Gasteiger partial charge in [-0.1, -0.05) is 152 Å². The third-order valence-corrected chi connectivity index (χ3v) is 13.3. The SMILES string of the molecule is c1ccc(N(c2ccccc2)c2cccc3sc4c5ccccc5c(-c5ccc6c(c5)C5(c7ccccc7-c7ccccc75)c5ccccc5-6)cc4c23)cc1. The Morgan fingerprint density at radius 3 is 1.51 bits per heavy atom. The summed E-state index contributed by atoms with van der Waals surface area (Å²) in [7, 11) is 0. The summed E-state index contributed by atoms with van der Waals surface area (Å²) < 4.78 is 2.61. The van der Waals surface area contributed by atoms with Crippen LogP contribution in [-0.4, -0.2) is 0 Å². The second-order valence-electron chi connectivity index (χ2n) is 14.8. The zero-order chi connectivity index (χ0) is 36.1. The van der Waals surface area contributed by atoms with Gasteiger partial charge in [-0.15, -0.1) is 11.3 Å². The highest BCUT2D eigenvalue weighted by Gasteiger charge is 2.51. The molecule has 0 aliphatic heterocycles. The van der Waals surface area contributed by atoms with Gasteiger partial charge in [0.25, 0.3) is 0 Å². The normalized spacial score (nSPS) is 13.2. The van der Waals surface area contributed by atoms with E-state index in [4.69, 9.17) is 0 Å². The van der Waals surface area contributed by atoms with Crippen molar-refractivity contribution in [2.24, 2.45) is 0 Å². The summed E-state index contributed by atoms with van der Waals surface area (Å²) in [5.74, 6) is 0. The van der Waals surface area contributed by atoms with Gasteiger partial charge in [0, 0.05) is 36.9 Å². The van der Waals surface area contributed by atoms with Crippen molar-refractivity contribution >= 4 is 59.3 Å². The summed E-state index contributed by atoms with van der Waals surface area (Å²) in [6.45, 7) is 0. The molecule has 55 heavy (non-hydrogen) atoms. The molecule has 0 radical (unpaired) electrons. The quantitative estimate of drug-likeness (QED) is 0.175. The molecule has 1 spiro atoms. The molecule has 0 saturated heterocycles. The van der Waals surface area contributed by atoms with Gasteiger partial charge in [-0.3, -0.25) is 0 Å². The van der Waals surface area contributed by atoms with Crippen LogP contribution in [0.1, 0.15) is 22.3 Å². The molecule has 2 heteroatoms. The van der Waals surface area contributed by atoms with Crippen LogP contribution in [0.25, 0.3) is 64.3 Å². The first-order chi connectivity index (χ1) is 27.3. The smallest absolute Gasteiger partial charge is 0.0725 e. The van der Waals surface area contributed by atoms with Gasteiger partial charge in [0.05, 0.1) is 11.1 Å². The van der Waals surface area contributed by atoms with Gasteiger partial charge in [-0.25, -0.2) is 0 Å². The predicted molar refractivity (Wildman–Crippen MR) is 233 cm³/mol. The highest BCUT2D eigenvalue weighted by molar-refractivity contribution is 7.26. The Morgan fingerprint density at radius 2 is 0.891 bits per heavy atom. The van der Waals surface area contributed by atoms with Gasteiger partial charge in [0.1, 0.15) is 0 Å². The number of thiophene rings is 1. The summed E-state index contributed by atoms with van der Waals surface area (Å²) >= 11 is 1.90. The van der Waals surface area contributed by atoms with E-state index in [1.54, 1.807) is 0 Å². The van der Waals surface area contributed by atoms with E-state index < -0.39 is 0 Å². The summed E-state index contributed by atoms with van der Waals surface area (Å²) in [4.78, 5) is 2.41. The highest BCUT2D eigenvalue weighted by atomic mass is 32.1. The number of benzene rings is 9. The zero-order valence-corrected chi connectivity index (χ0v) is 30.7. The Labute approximate surface area is 324 Å². The van der Waals surface area contributed by atoms with E-state index in [-0.39, 0.29) is 5.41 Å². The maximum atomic E-state index is 2.53. The fraction of sp³-hybridized carbons (Fsp3) is 0.0189. The minimum absolute atomic E-state index is 0.386. The van der Waals surface area contributed by atoms with Gasteiger partial charge in [0.2, 0.25) is 0 Å². The summed E-state index contributed by atoms with van der Waals surface area (Å²) in [5, 5.41) is 5.15. The molecule has 10 aromatic rings. The van der Waals surface area contributed by atoms with E-state index in [1.165, 1.54) is 92.3 Å². The maximum absolute atomic E-state index is 2.53. The molecule has 2 aliphatic rings. The molecule has 0 N–H and O–H groups in total. The molecule has 2 aliphatic carbocycles. The van der Waals surface area contributed by atoms with Crippen molar-refractivity contribution in [1.82, 2.24) is 0 Å². The minimum Gasteiger partial charge on any atom is -0.310 e. The monoisotopic (exact) mass is 715 g/mol. The topological polar surface area (TPSA) is 3.24 Å². The largest absolute Gasteiger partial charge is 0.310 e. The molecule has 0 bridgehead atoms. The Kier molecular flexibility index (Phi) is 6.49. The second-order valence-corrected chi connectivity index (χ2v) is 15.8. The molecular formula is C53H33NS. The second kappa shape index (κ2) is 11.6. The fourth-order valence-electron chi connectivity index (χ4n) is 9.90. The molecule has 1 heterocycles. The standard InChI is InChI=1S/C53H33NS/c1-3-16-35(17-4-1)54(36-18-5-2-6-19-36)49-28-15-29-50-51(49)44-33-43(37-20-7-8-24-42(37)52(44)55-50)34-30-31-41-40-23-11-14-27-47(40)53(48(41)32-34)45-25-12-9-21-38(45)39-22-10-13-26-46(39)53/h1-33H. The Morgan fingerprint density at radius 1 is 0.364 bits per heavy atom. The van der Waals surface area contributed by atoms with Crippen LogP contribution in [0.3, 0.4) is 0 Å². The molecule has 1 nitrogen and oxygen atoms in total. The van der Waals surface area contributed by atoms with Gasteiger partial charge in [-0.2, -0.15) is 0 Å². The van der Waals surface area contributed by atoms with Crippen LogP contribution < -0.4 is 4.90 Å². The minimum atomic E-state index is -0.386. The highest BCUT2D eigenvalue weighted by Crippen LogP contribution is 2.63. The van der Waals surface area contributed by atoms with Crippen molar-refractivity contribution < 1.29 is 0 Å². The first-order valence-electron chi connectivity index (χ1n) is 19.0. The van der Waals surface area contributed by atoms with Crippen molar-refractivity contribution in [3.05, 3.63) is 222 Å². The number of nitrogens with zero attached hydrogens (tertiary/aromatic N) is 1. The van der Waals surface area contributed by atoms with Gasteiger partial charge >= 0.3 is 0 Å². The number of rotatable bonds is 4. The van der Waals surface area contributed by atoms with E-state index in [2.05, 4.69) is 205 Å². The first kappa shape index (κ1) is 30.7. The molecule has 9 aromatic carbocycles. The zero-order valence-electron chi connectivity index (χ0n) is 29.9. The predicted octanol–water partition coefficient (Wildman–Crippen LogP) is 14.7. The number of hydrogen-bond donors (Lipinski definition) is 0. The molecule has 12 rings (SSSR count). The van der Waals surface area contributed by atoms with Crippen LogP contribution in [0.5, 0.6) is 0 Å². The van der Waals surface area contributed by atoms with Crippen molar-refractivity contribution in [3.63, 3.8) is 0 Å². The van der Waals surface area contributed by atoms with Gasteiger partial charge in [0.15, 0.2) is 0 Å². The van der Waals surface area contributed by atoms with Crippen molar-refractivity contribution in [1.29, 1.82) is 0 Å². The van der Waals surface area contributed by atoms with Crippen LogP contribution >= 0.6 is 11.3 Å². The number of fused-ring (bicyclic) bond motifs is 15. The Bertz CT molecular complexity index is 3050. The lowest BCUT2D eigenvalue weighted by Crippen LogP contribution is -2.25. The molecule has 1 aromatic heterocycles. The lowest BCUT2D eigenvalue weighted by molar-refractivity contribution is 0.794. The van der Waals surface area contributed by atoms with E-state index in [9.17, 15) is 0 Å². The lowest BCUT2D eigenvalue weighted by atomic mass is 9.70. The van der Waals surface area contributed by atoms with E-state index in [1.807, 2.05) is 11.3 Å². The molecular weight excluding hydrogens is 683 g/mol. The molecule has 256 valence electrons. The third kappa shape index (κ3) is 4.18. The number of para-hydroxylation sites is 2. The van der Waals surface area contributed by atoms with Crippen LogP contribution in [0.2, 0.25) is 0 Å². The van der Waals surface area contributed by atoms with E-state index in [0.29, 0.717) is 0 Å². The summed E-state index contributed by atoms with van der Waals surface area (Å²) in [6, 6.07) is 74.3. The van der Waals surface area contributed by atoms with Crippen molar-refractivity contribution in [2.75, 3.05) is 4.90 Å². The van der Waals surface area contributed by atoms with Crippen LogP contribution in [-0.2, 0) is 5.41 Å². The average Bonchev–Trinajstić information content (AvgIpc) is 3.89. The summed E-state index contributed by atoms with van der Waals surface area (Å²) in [6.07, 6.45) is 0. The van der Waals surface area contributed by atoms with Crippen LogP contribution in [0.15, 0.2) is 200 Å². The Balaban J connectivity index is 1.15. The van der Waals surface area contributed by atoms with Crippen LogP contribution in [0.4, 0.5) is 17.1 Å². The molecule has 0 fully saturated rings. The van der Waals surface area contributed by atoms with E-state index >= 15 is 0 Å². The fourth-order valence-corrected chi connectivity index (χ4v) is 11.1. The van der Waals surface area contributed by atoms with Gasteiger partial charge < -0.3 is 4.90 Å². The molecule has 0 unspecified atom stereocenters. The summed E-state index contributed by atoms with van der Waals surface area (Å²) in [5.41, 5.74) is 16.4. The van der Waals surface area contributed by atoms with E-state index in [0.717, 1.165) is 11.4 Å². The van der Waals surface area contributed by atoms with Crippen molar-refractivity contribution in [3.8, 4) is 33.4 Å². The van der Waals surface area contributed by atoms with Crippen molar-refractivity contribution in [2.45, 2.75) is 5.41 Å². The molecule has 0 amide bonds. The van der Waals surface area contributed by atoms with Gasteiger partial charge in [-0.05, 0) is 110 Å². The number of anilines is 3. The lowest BCUT2D eigenvalue weighted by Gasteiger charge is -2.30. The Hall–Kier alpha value is -6.74. The first-order valence-corrected chi connectivity index (χ1v) is 19.8. The van der Waals surface area contributed by atoms with Crippen LogP contribution in [0, 0.1) is 0 Å². The maximum Gasteiger partial charge on any atom is 0.0725 e.